The van der Waals surface area contributed by atoms with Crippen molar-refractivity contribution in [2.45, 2.75) is 18.4 Å². The summed E-state index contributed by atoms with van der Waals surface area (Å²) in [5.41, 5.74) is 2.39. The van der Waals surface area contributed by atoms with E-state index in [2.05, 4.69) is 4.99 Å². The molecule has 2 aromatic carbocycles. The number of benzene rings is 2. The first-order valence-corrected chi connectivity index (χ1v) is 13.3. The van der Waals surface area contributed by atoms with E-state index in [1.165, 1.54) is 45.5 Å². The van der Waals surface area contributed by atoms with Crippen LogP contribution in [0.15, 0.2) is 70.0 Å². The zero-order valence-electron chi connectivity index (χ0n) is 19.1. The van der Waals surface area contributed by atoms with Gasteiger partial charge in [0.15, 0.2) is 11.4 Å². The molecular formula is C24H25N3O6S2. The van der Waals surface area contributed by atoms with E-state index in [-0.39, 0.29) is 23.5 Å². The Morgan fingerprint density at radius 3 is 2.43 bits per heavy atom. The summed E-state index contributed by atoms with van der Waals surface area (Å²) in [6.45, 7) is 3.33. The smallest absolute Gasteiger partial charge is 0.338 e. The van der Waals surface area contributed by atoms with Gasteiger partial charge in [0.25, 0.3) is 5.91 Å². The summed E-state index contributed by atoms with van der Waals surface area (Å²) >= 11 is 1.31. The molecule has 9 nitrogen and oxygen atoms in total. The Labute approximate surface area is 207 Å². The van der Waals surface area contributed by atoms with Crippen LogP contribution < -0.4 is 4.80 Å². The molecule has 1 amide bonds. The molecular weight excluding hydrogens is 490 g/mol. The Bertz CT molecular complexity index is 1350. The number of sulfonamides is 1. The van der Waals surface area contributed by atoms with Crippen molar-refractivity contribution < 1.29 is 27.5 Å². The number of rotatable bonds is 7. The summed E-state index contributed by atoms with van der Waals surface area (Å²) in [4.78, 5) is 29.3. The number of amides is 1. The zero-order chi connectivity index (χ0) is 24.8. The fraction of sp³-hybridized carbons (Fsp3) is 0.292. The molecule has 1 aromatic heterocycles. The molecule has 0 atom stereocenters. The highest BCUT2D eigenvalue weighted by atomic mass is 32.2. The van der Waals surface area contributed by atoms with Gasteiger partial charge in [-0.3, -0.25) is 4.79 Å². The third kappa shape index (κ3) is 6.31. The first kappa shape index (κ1) is 25.0. The SMILES string of the molecule is Cc1ccc(Cn2ccsc2=NC(=O)COC(=O)c2ccc(S(=O)(=O)N3CCOCC3)cc2)cc1. The van der Waals surface area contributed by atoms with Gasteiger partial charge in [-0.1, -0.05) is 29.8 Å². The number of nitrogens with zero attached hydrogens (tertiary/aromatic N) is 3. The Hall–Kier alpha value is -3.12. The van der Waals surface area contributed by atoms with E-state index in [4.69, 9.17) is 9.47 Å². The van der Waals surface area contributed by atoms with Gasteiger partial charge in [-0.25, -0.2) is 13.2 Å². The average Bonchev–Trinajstić information content (AvgIpc) is 3.30. The molecule has 4 rings (SSSR count). The summed E-state index contributed by atoms with van der Waals surface area (Å²) in [6, 6.07) is 13.5. The normalized spacial score (nSPS) is 15.2. The van der Waals surface area contributed by atoms with Gasteiger partial charge in [0.1, 0.15) is 0 Å². The van der Waals surface area contributed by atoms with Crippen molar-refractivity contribution in [3.05, 3.63) is 81.6 Å². The Kier molecular flexibility index (Phi) is 7.91. The first-order valence-electron chi connectivity index (χ1n) is 10.9. The second-order valence-electron chi connectivity index (χ2n) is 7.92. The molecule has 0 aliphatic carbocycles. The molecule has 0 unspecified atom stereocenters. The molecule has 11 heteroatoms. The van der Waals surface area contributed by atoms with Gasteiger partial charge in [-0.2, -0.15) is 9.30 Å². The number of hydrogen-bond acceptors (Lipinski definition) is 7. The number of aryl methyl sites for hydroxylation is 1. The lowest BCUT2D eigenvalue weighted by molar-refractivity contribution is -0.121. The molecule has 0 N–H and O–H groups in total. The summed E-state index contributed by atoms with van der Waals surface area (Å²) in [6.07, 6.45) is 1.84. The molecule has 184 valence electrons. The minimum absolute atomic E-state index is 0.0813. The third-order valence-corrected chi connectivity index (χ3v) is 8.09. The first-order chi connectivity index (χ1) is 16.8. The molecule has 1 aliphatic rings. The van der Waals surface area contributed by atoms with E-state index >= 15 is 0 Å². The van der Waals surface area contributed by atoms with Crippen LogP contribution in [0.5, 0.6) is 0 Å². The van der Waals surface area contributed by atoms with Crippen molar-refractivity contribution in [3.8, 4) is 0 Å². The third-order valence-electron chi connectivity index (χ3n) is 5.38. The Morgan fingerprint density at radius 1 is 1.06 bits per heavy atom. The molecule has 1 aliphatic heterocycles. The predicted octanol–water partition coefficient (Wildman–Crippen LogP) is 2.21. The summed E-state index contributed by atoms with van der Waals surface area (Å²) in [5.74, 6) is -1.33. The van der Waals surface area contributed by atoms with Crippen LogP contribution >= 0.6 is 11.3 Å². The van der Waals surface area contributed by atoms with E-state index in [0.29, 0.717) is 24.6 Å². The largest absolute Gasteiger partial charge is 0.452 e. The molecule has 0 radical (unpaired) electrons. The lowest BCUT2D eigenvalue weighted by Gasteiger charge is -2.26. The minimum atomic E-state index is -3.66. The second kappa shape index (κ2) is 11.1. The van der Waals surface area contributed by atoms with Crippen molar-refractivity contribution >= 4 is 33.2 Å². The van der Waals surface area contributed by atoms with Gasteiger partial charge < -0.3 is 14.0 Å². The number of esters is 1. The highest BCUT2D eigenvalue weighted by molar-refractivity contribution is 7.89. The van der Waals surface area contributed by atoms with E-state index in [0.717, 1.165) is 5.56 Å². The number of ether oxygens (including phenoxy) is 2. The predicted molar refractivity (Wildman–Crippen MR) is 129 cm³/mol. The quantitative estimate of drug-likeness (QED) is 0.447. The number of aromatic nitrogens is 1. The van der Waals surface area contributed by atoms with Gasteiger partial charge in [-0.15, -0.1) is 11.3 Å². The highest BCUT2D eigenvalue weighted by Crippen LogP contribution is 2.18. The van der Waals surface area contributed by atoms with E-state index in [1.807, 2.05) is 47.3 Å². The fourth-order valence-corrected chi connectivity index (χ4v) is 5.60. The average molecular weight is 516 g/mol. The van der Waals surface area contributed by atoms with Gasteiger partial charge >= 0.3 is 5.97 Å². The maximum Gasteiger partial charge on any atom is 0.338 e. The van der Waals surface area contributed by atoms with Crippen LogP contribution in [0.25, 0.3) is 0 Å². The standard InChI is InChI=1S/C24H25N3O6S2/c1-18-2-4-19(5-3-18)16-26-12-15-34-24(26)25-22(28)17-33-23(29)20-6-8-21(9-7-20)35(30,31)27-10-13-32-14-11-27/h2-9,12,15H,10-11,13-14,16-17H2,1H3. The van der Waals surface area contributed by atoms with Crippen LogP contribution in [0.3, 0.4) is 0 Å². The lowest BCUT2D eigenvalue weighted by Crippen LogP contribution is -2.40. The van der Waals surface area contributed by atoms with Crippen LogP contribution in [0.2, 0.25) is 0 Å². The molecule has 0 spiro atoms. The Morgan fingerprint density at radius 2 is 1.74 bits per heavy atom. The molecule has 35 heavy (non-hydrogen) atoms. The van der Waals surface area contributed by atoms with Crippen LogP contribution in [-0.2, 0) is 30.8 Å². The monoisotopic (exact) mass is 515 g/mol. The lowest BCUT2D eigenvalue weighted by atomic mass is 10.1. The number of carbonyl (C=O) groups excluding carboxylic acids is 2. The van der Waals surface area contributed by atoms with Gasteiger partial charge in [0, 0.05) is 31.2 Å². The van der Waals surface area contributed by atoms with Gasteiger partial charge in [0.05, 0.1) is 23.7 Å². The van der Waals surface area contributed by atoms with Crippen LogP contribution in [0, 0.1) is 6.92 Å². The fourth-order valence-electron chi connectivity index (χ4n) is 3.45. The van der Waals surface area contributed by atoms with Crippen LogP contribution in [0.1, 0.15) is 21.5 Å². The summed E-state index contributed by atoms with van der Waals surface area (Å²) in [7, 11) is -3.66. The number of morpholine rings is 1. The minimum Gasteiger partial charge on any atom is -0.452 e. The molecule has 0 saturated carbocycles. The molecule has 1 fully saturated rings. The van der Waals surface area contributed by atoms with E-state index in [1.54, 1.807) is 0 Å². The molecule has 3 aromatic rings. The van der Waals surface area contributed by atoms with Crippen molar-refractivity contribution in [2.24, 2.45) is 4.99 Å². The van der Waals surface area contributed by atoms with E-state index in [9.17, 15) is 18.0 Å². The molecule has 0 bridgehead atoms. The maximum absolute atomic E-state index is 12.7. The topological polar surface area (TPSA) is 107 Å². The van der Waals surface area contributed by atoms with Crippen LogP contribution in [-0.4, -0.2) is 62.1 Å². The summed E-state index contributed by atoms with van der Waals surface area (Å²) in [5, 5.41) is 1.83. The number of carbonyl (C=O) groups is 2. The van der Waals surface area contributed by atoms with Crippen molar-refractivity contribution in [1.29, 1.82) is 0 Å². The molecule has 1 saturated heterocycles. The highest BCUT2D eigenvalue weighted by Gasteiger charge is 2.26. The van der Waals surface area contributed by atoms with Gasteiger partial charge in [-0.05, 0) is 36.8 Å². The zero-order valence-corrected chi connectivity index (χ0v) is 20.8. The van der Waals surface area contributed by atoms with Crippen LogP contribution in [0.4, 0.5) is 0 Å². The maximum atomic E-state index is 12.7. The van der Waals surface area contributed by atoms with E-state index < -0.39 is 28.5 Å². The van der Waals surface area contributed by atoms with Crippen molar-refractivity contribution in [3.63, 3.8) is 0 Å². The van der Waals surface area contributed by atoms with Crippen molar-refractivity contribution in [1.82, 2.24) is 8.87 Å². The van der Waals surface area contributed by atoms with Crippen molar-refractivity contribution in [2.75, 3.05) is 32.9 Å². The van der Waals surface area contributed by atoms with Gasteiger partial charge in [0.2, 0.25) is 10.0 Å². The second-order valence-corrected chi connectivity index (χ2v) is 10.7. The summed E-state index contributed by atoms with van der Waals surface area (Å²) < 4.78 is 38.9. The Balaban J connectivity index is 1.36. The molecule has 2 heterocycles. The number of thiazole rings is 1. The number of hydrogen-bond donors (Lipinski definition) is 0.